The van der Waals surface area contributed by atoms with Crippen molar-refractivity contribution in [1.82, 2.24) is 0 Å². The molecule has 1 aliphatic rings. The second-order valence-corrected chi connectivity index (χ2v) is 22.4. The van der Waals surface area contributed by atoms with Crippen LogP contribution in [0.25, 0.3) is 54.9 Å². The van der Waals surface area contributed by atoms with Crippen LogP contribution in [0, 0.1) is 19.9 Å². The third-order valence-corrected chi connectivity index (χ3v) is 14.0. The summed E-state index contributed by atoms with van der Waals surface area (Å²) in [4.78, 5) is 0. The molecule has 318 valence electrons. The Morgan fingerprint density at radius 3 is 1.42 bits per heavy atom. The number of hydrogen-bond donors (Lipinski definition) is 0. The van der Waals surface area contributed by atoms with Gasteiger partial charge in [-0.15, -0.1) is 74.6 Å². The number of fused-ring (bicyclic) bond motifs is 5. The summed E-state index contributed by atoms with van der Waals surface area (Å²) in [7, 11) is 10.7. The van der Waals surface area contributed by atoms with Gasteiger partial charge < -0.3 is 0 Å². The Balaban J connectivity index is 0.000000155. The maximum atomic E-state index is 4.93. The van der Waals surface area contributed by atoms with E-state index in [9.17, 15) is 0 Å². The largest absolute Gasteiger partial charge is 0.184 e. The summed E-state index contributed by atoms with van der Waals surface area (Å²) in [5.41, 5.74) is 16.9. The monoisotopic (exact) mass is 945 g/mol. The van der Waals surface area contributed by atoms with Gasteiger partial charge in [-0.3, -0.25) is 0 Å². The van der Waals surface area contributed by atoms with Gasteiger partial charge in [0.25, 0.3) is 0 Å². The molecule has 0 nitrogen and oxygen atoms in total. The van der Waals surface area contributed by atoms with Gasteiger partial charge in [-0.25, -0.2) is 0 Å². The molecule has 1 aliphatic heterocycles. The van der Waals surface area contributed by atoms with E-state index in [0.717, 1.165) is 9.52 Å². The first-order valence-electron chi connectivity index (χ1n) is 22.3. The van der Waals surface area contributed by atoms with Gasteiger partial charge in [0.05, 0.1) is 9.52 Å². The molecule has 8 aromatic rings. The zero-order valence-corrected chi connectivity index (χ0v) is 43.2. The molecule has 0 fully saturated rings. The Kier molecular flexibility index (Phi) is 17.1. The number of rotatable bonds is 8. The van der Waals surface area contributed by atoms with Gasteiger partial charge in [0.2, 0.25) is 0 Å². The van der Waals surface area contributed by atoms with E-state index in [0.29, 0.717) is 23.7 Å². The van der Waals surface area contributed by atoms with Crippen LogP contribution in [0.5, 0.6) is 0 Å². The van der Waals surface area contributed by atoms with Gasteiger partial charge >= 0.3 is 37.9 Å². The van der Waals surface area contributed by atoms with Crippen LogP contribution in [-0.4, -0.2) is 9.52 Å². The minimum Gasteiger partial charge on any atom is -0.184 e. The van der Waals surface area contributed by atoms with E-state index in [1.807, 2.05) is 6.07 Å². The Morgan fingerprint density at radius 2 is 0.968 bits per heavy atom. The Labute approximate surface area is 394 Å². The van der Waals surface area contributed by atoms with Crippen molar-refractivity contribution in [2.45, 2.75) is 106 Å². The quantitative estimate of drug-likeness (QED) is 0.105. The smallest absolute Gasteiger partial charge is 0.0920 e. The molecule has 0 amide bonds. The van der Waals surface area contributed by atoms with E-state index in [4.69, 9.17) is 17.0 Å². The average Bonchev–Trinajstić information content (AvgIpc) is 4.02. The molecule has 2 atom stereocenters. The van der Waals surface area contributed by atoms with Crippen LogP contribution in [0.1, 0.15) is 125 Å². The van der Waals surface area contributed by atoms with Crippen LogP contribution in [-0.2, 0) is 20.8 Å². The van der Waals surface area contributed by atoms with E-state index < -0.39 is 20.8 Å². The van der Waals surface area contributed by atoms with Crippen LogP contribution in [0.3, 0.4) is 0 Å². The molecular weight excluding hydrogens is 887 g/mol. The van der Waals surface area contributed by atoms with Crippen molar-refractivity contribution in [3.8, 4) is 33.4 Å². The topological polar surface area (TPSA) is 0 Å². The molecule has 0 spiro atoms. The van der Waals surface area contributed by atoms with Crippen molar-refractivity contribution >= 4 is 58.5 Å². The molecule has 0 bridgehead atoms. The van der Waals surface area contributed by atoms with E-state index in [2.05, 4.69) is 209 Å². The van der Waals surface area contributed by atoms with Crippen molar-refractivity contribution in [1.29, 1.82) is 0 Å². The predicted molar refractivity (Wildman–Crippen MR) is 272 cm³/mol. The van der Waals surface area contributed by atoms with Crippen LogP contribution in [0.2, 0.25) is 0 Å². The molecule has 62 heavy (non-hydrogen) atoms. The molecular formula is C58H61Cl2SiZr-3. The van der Waals surface area contributed by atoms with Gasteiger partial charge in [-0.05, 0) is 59.8 Å². The minimum atomic E-state index is -0.826. The fraction of sp³-hybridized carbons (Fsp3) is 0.276. The van der Waals surface area contributed by atoms with Crippen LogP contribution in [0.4, 0.5) is 0 Å². The van der Waals surface area contributed by atoms with Gasteiger partial charge in [0.1, 0.15) is 0 Å². The third-order valence-electron chi connectivity index (χ3n) is 12.6. The maximum Gasteiger partial charge on any atom is 0.0920 e. The number of benzene rings is 6. The molecule has 0 saturated heterocycles. The molecule has 0 saturated carbocycles. The fourth-order valence-corrected chi connectivity index (χ4v) is 10.1. The molecule has 4 heteroatoms. The summed E-state index contributed by atoms with van der Waals surface area (Å²) in [6, 6.07) is 54.6. The third kappa shape index (κ3) is 10.8. The zero-order chi connectivity index (χ0) is 44.5. The van der Waals surface area contributed by atoms with E-state index in [1.54, 1.807) is 0 Å². The molecule has 2 unspecified atom stereocenters. The van der Waals surface area contributed by atoms with Crippen molar-refractivity contribution < 1.29 is 20.8 Å². The van der Waals surface area contributed by atoms with Gasteiger partial charge in [-0.1, -0.05) is 174 Å². The predicted octanol–water partition coefficient (Wildman–Crippen LogP) is 16.8. The summed E-state index contributed by atoms with van der Waals surface area (Å²) in [6.07, 6.45) is 2.38. The molecule has 1 heterocycles. The minimum absolute atomic E-state index is 0.532. The SMILES string of the molecule is CCC(C)c1cc2c(-c3ccccc3C(C)C)c(C)ccc2[cH-]1.CCC(C)c1cc2c(-c3ccccc3C(C)C)c(C)ccc2[cH-]1.[Cl][Zr][Cl].[c-]1cccc2c1[Si]c1ccccc1-2. The molecule has 9 rings (SSSR count). The number of aryl methyl sites for hydroxylation is 2. The average molecular weight is 948 g/mol. The molecule has 0 aromatic heterocycles. The van der Waals surface area contributed by atoms with Crippen molar-refractivity contribution in [3.05, 3.63) is 179 Å². The van der Waals surface area contributed by atoms with E-state index in [1.165, 1.54) is 112 Å². The number of hydrogen-bond acceptors (Lipinski definition) is 0. The zero-order valence-electron chi connectivity index (χ0n) is 38.3. The first-order valence-corrected chi connectivity index (χ1v) is 29.7. The maximum absolute atomic E-state index is 4.93. The Hall–Kier alpha value is -3.78. The molecule has 0 N–H and O–H groups in total. The summed E-state index contributed by atoms with van der Waals surface area (Å²) in [5.74, 6) is 2.31. The summed E-state index contributed by atoms with van der Waals surface area (Å²) in [5, 5.41) is 8.39. The summed E-state index contributed by atoms with van der Waals surface area (Å²) >= 11 is -0.826. The van der Waals surface area contributed by atoms with Crippen LogP contribution >= 0.6 is 17.0 Å². The van der Waals surface area contributed by atoms with Crippen molar-refractivity contribution in [3.63, 3.8) is 0 Å². The van der Waals surface area contributed by atoms with E-state index in [-0.39, 0.29) is 0 Å². The Bertz CT molecular complexity index is 2530. The van der Waals surface area contributed by atoms with E-state index >= 15 is 0 Å². The van der Waals surface area contributed by atoms with Crippen LogP contribution in [0.15, 0.2) is 140 Å². The second kappa shape index (κ2) is 22.2. The first-order chi connectivity index (χ1) is 29.9. The normalized spacial score (nSPS) is 12.4. The molecule has 2 radical (unpaired) electrons. The summed E-state index contributed by atoms with van der Waals surface area (Å²) in [6.45, 7) is 22.8. The van der Waals surface area contributed by atoms with Gasteiger partial charge in [0.15, 0.2) is 0 Å². The Morgan fingerprint density at radius 1 is 0.548 bits per heavy atom. The van der Waals surface area contributed by atoms with Gasteiger partial charge in [-0.2, -0.15) is 41.6 Å². The molecule has 8 aromatic carbocycles. The number of halogens is 2. The molecule has 0 aliphatic carbocycles. The summed E-state index contributed by atoms with van der Waals surface area (Å²) < 4.78 is 0. The first kappa shape index (κ1) is 47.7. The standard InChI is InChI=1S/2C23H27.C12H7Si.2ClH.Zr/c2*1-6-16(4)19-13-18-12-11-17(5)23(22(18)14-19)21-10-8-7-9-20(21)15(2)3;1-3-7-11-9(5-1)10-6-2-4-8-12(10)13-11;;;/h2*7-16H,6H2,1-5H3;1-7H;2*1H;/q3*-1;;;+2/p-2. The fourth-order valence-electron chi connectivity index (χ4n) is 8.77. The van der Waals surface area contributed by atoms with Crippen molar-refractivity contribution in [2.75, 3.05) is 0 Å². The van der Waals surface area contributed by atoms with Gasteiger partial charge in [0, 0.05) is 0 Å². The van der Waals surface area contributed by atoms with Crippen molar-refractivity contribution in [2.24, 2.45) is 0 Å². The second-order valence-electron chi connectivity index (χ2n) is 17.4. The van der Waals surface area contributed by atoms with Crippen LogP contribution < -0.4 is 10.4 Å².